The van der Waals surface area contributed by atoms with Gasteiger partial charge in [-0.05, 0) is 12.1 Å². The van der Waals surface area contributed by atoms with Crippen LogP contribution in [0.15, 0.2) is 18.2 Å². The summed E-state index contributed by atoms with van der Waals surface area (Å²) in [4.78, 5) is 26.4. The Hall–Kier alpha value is -2.39. The quantitative estimate of drug-likeness (QED) is 0.802. The number of rotatable bonds is 4. The standard InChI is InChI=1S/C16H20FN3O5/c1-10(21)24-15-14(9-18)25-16(22)20(15)11-2-3-13(12(17)8-11)19-4-6-23-7-5-19/h2-3,8,14-15H,4-7,9,18H2,1H3/t14-,15?/m0/s1. The number of carbonyl (C=O) groups excluding carboxylic acids is 2. The van der Waals surface area contributed by atoms with Gasteiger partial charge in [0.1, 0.15) is 5.82 Å². The second kappa shape index (κ2) is 7.24. The van der Waals surface area contributed by atoms with E-state index in [1.165, 1.54) is 13.0 Å². The Bertz CT molecular complexity index is 665. The van der Waals surface area contributed by atoms with E-state index in [0.717, 1.165) is 4.90 Å². The second-order valence-electron chi connectivity index (χ2n) is 5.76. The van der Waals surface area contributed by atoms with Gasteiger partial charge in [-0.1, -0.05) is 0 Å². The molecular weight excluding hydrogens is 333 g/mol. The molecule has 2 N–H and O–H groups in total. The molecule has 0 bridgehead atoms. The van der Waals surface area contributed by atoms with Crippen LogP contribution in [-0.2, 0) is 19.0 Å². The second-order valence-corrected chi connectivity index (χ2v) is 5.76. The molecule has 0 saturated carbocycles. The lowest BCUT2D eigenvalue weighted by Crippen LogP contribution is -2.43. The number of nitrogens with two attached hydrogens (primary N) is 1. The van der Waals surface area contributed by atoms with Crippen LogP contribution in [0.25, 0.3) is 0 Å². The fraction of sp³-hybridized carbons (Fsp3) is 0.500. The zero-order valence-corrected chi connectivity index (χ0v) is 13.8. The van der Waals surface area contributed by atoms with Crippen molar-refractivity contribution in [3.63, 3.8) is 0 Å². The highest BCUT2D eigenvalue weighted by Crippen LogP contribution is 2.31. The highest BCUT2D eigenvalue weighted by atomic mass is 19.1. The van der Waals surface area contributed by atoms with E-state index < -0.39 is 30.2 Å². The van der Waals surface area contributed by atoms with Gasteiger partial charge < -0.3 is 24.8 Å². The SMILES string of the molecule is CC(=O)OC1[C@H](CN)OC(=O)N1c1ccc(N2CCOCC2)c(F)c1. The van der Waals surface area contributed by atoms with Crippen molar-refractivity contribution >= 4 is 23.4 Å². The molecular formula is C16H20FN3O5. The molecule has 0 aromatic heterocycles. The van der Waals surface area contributed by atoms with Gasteiger partial charge in [-0.2, -0.15) is 0 Å². The zero-order valence-electron chi connectivity index (χ0n) is 13.8. The van der Waals surface area contributed by atoms with Crippen molar-refractivity contribution in [2.75, 3.05) is 42.6 Å². The van der Waals surface area contributed by atoms with Gasteiger partial charge in [-0.15, -0.1) is 0 Å². The Morgan fingerprint density at radius 1 is 1.40 bits per heavy atom. The van der Waals surface area contributed by atoms with Crippen LogP contribution in [0.1, 0.15) is 6.92 Å². The van der Waals surface area contributed by atoms with Gasteiger partial charge in [-0.3, -0.25) is 4.79 Å². The van der Waals surface area contributed by atoms with Crippen molar-refractivity contribution < 1.29 is 28.2 Å². The summed E-state index contributed by atoms with van der Waals surface area (Å²) < 4.78 is 30.1. The summed E-state index contributed by atoms with van der Waals surface area (Å²) in [7, 11) is 0. The molecule has 9 heteroatoms. The number of carbonyl (C=O) groups is 2. The Balaban J connectivity index is 1.87. The maximum Gasteiger partial charge on any atom is 0.417 e. The molecule has 0 aliphatic carbocycles. The van der Waals surface area contributed by atoms with Crippen LogP contribution in [0.4, 0.5) is 20.6 Å². The maximum atomic E-state index is 14.6. The van der Waals surface area contributed by atoms with Gasteiger partial charge in [0.15, 0.2) is 6.10 Å². The van der Waals surface area contributed by atoms with E-state index in [2.05, 4.69) is 0 Å². The Labute approximate surface area is 144 Å². The normalized spacial score (nSPS) is 23.6. The Morgan fingerprint density at radius 2 is 2.12 bits per heavy atom. The molecule has 2 aliphatic heterocycles. The average Bonchev–Trinajstić information content (AvgIpc) is 2.90. The van der Waals surface area contributed by atoms with E-state index in [0.29, 0.717) is 32.0 Å². The molecule has 2 saturated heterocycles. The van der Waals surface area contributed by atoms with Gasteiger partial charge in [0.2, 0.25) is 6.23 Å². The van der Waals surface area contributed by atoms with Gasteiger partial charge in [0.25, 0.3) is 0 Å². The van der Waals surface area contributed by atoms with E-state index >= 15 is 0 Å². The molecule has 3 rings (SSSR count). The van der Waals surface area contributed by atoms with Gasteiger partial charge in [-0.25, -0.2) is 14.1 Å². The maximum absolute atomic E-state index is 14.6. The van der Waals surface area contributed by atoms with Gasteiger partial charge in [0.05, 0.1) is 24.6 Å². The molecule has 1 amide bonds. The summed E-state index contributed by atoms with van der Waals surface area (Å²) in [5.41, 5.74) is 6.23. The number of benzene rings is 1. The van der Waals surface area contributed by atoms with Gasteiger partial charge >= 0.3 is 12.1 Å². The molecule has 8 nitrogen and oxygen atoms in total. The van der Waals surface area contributed by atoms with Crippen molar-refractivity contribution in [2.24, 2.45) is 5.73 Å². The van der Waals surface area contributed by atoms with Crippen LogP contribution >= 0.6 is 0 Å². The highest BCUT2D eigenvalue weighted by molar-refractivity contribution is 5.91. The third-order valence-corrected chi connectivity index (χ3v) is 4.10. The van der Waals surface area contributed by atoms with Crippen LogP contribution in [0.5, 0.6) is 0 Å². The minimum atomic E-state index is -1.02. The number of amides is 1. The summed E-state index contributed by atoms with van der Waals surface area (Å²) >= 11 is 0. The number of anilines is 2. The number of esters is 1. The van der Waals surface area contributed by atoms with Crippen molar-refractivity contribution in [1.82, 2.24) is 0 Å². The topological polar surface area (TPSA) is 94.3 Å². The van der Waals surface area contributed by atoms with Crippen molar-refractivity contribution in [3.05, 3.63) is 24.0 Å². The van der Waals surface area contributed by atoms with Crippen molar-refractivity contribution in [2.45, 2.75) is 19.3 Å². The molecule has 0 spiro atoms. The van der Waals surface area contributed by atoms with Crippen molar-refractivity contribution in [1.29, 1.82) is 0 Å². The van der Waals surface area contributed by atoms with Crippen LogP contribution in [0.2, 0.25) is 0 Å². The molecule has 2 atom stereocenters. The summed E-state index contributed by atoms with van der Waals surface area (Å²) in [6, 6.07) is 4.40. The average molecular weight is 353 g/mol. The summed E-state index contributed by atoms with van der Waals surface area (Å²) in [6.45, 7) is 3.45. The monoisotopic (exact) mass is 353 g/mol. The first-order valence-corrected chi connectivity index (χ1v) is 8.00. The lowest BCUT2D eigenvalue weighted by atomic mass is 10.2. The first-order valence-electron chi connectivity index (χ1n) is 8.00. The van der Waals surface area contributed by atoms with E-state index in [4.69, 9.17) is 19.9 Å². The Morgan fingerprint density at radius 3 is 2.72 bits per heavy atom. The van der Waals surface area contributed by atoms with Crippen LogP contribution in [-0.4, -0.2) is 57.2 Å². The summed E-state index contributed by atoms with van der Waals surface area (Å²) in [5, 5.41) is 0. The Kier molecular flexibility index (Phi) is 5.05. The molecule has 2 heterocycles. The minimum absolute atomic E-state index is 0.0193. The fourth-order valence-corrected chi connectivity index (χ4v) is 2.94. The molecule has 1 unspecified atom stereocenters. The number of halogens is 1. The third kappa shape index (κ3) is 3.52. The van der Waals surface area contributed by atoms with Crippen LogP contribution in [0, 0.1) is 5.82 Å². The van der Waals surface area contributed by atoms with E-state index in [9.17, 15) is 14.0 Å². The predicted octanol–water partition coefficient (Wildman–Crippen LogP) is 0.835. The highest BCUT2D eigenvalue weighted by Gasteiger charge is 2.44. The molecule has 136 valence electrons. The first-order chi connectivity index (χ1) is 12.0. The molecule has 2 aliphatic rings. The number of hydrogen-bond acceptors (Lipinski definition) is 7. The molecule has 2 fully saturated rings. The number of ether oxygens (including phenoxy) is 3. The van der Waals surface area contributed by atoms with Gasteiger partial charge in [0, 0.05) is 32.6 Å². The summed E-state index contributed by atoms with van der Waals surface area (Å²) in [5.74, 6) is -1.07. The lowest BCUT2D eigenvalue weighted by molar-refractivity contribution is -0.148. The predicted molar refractivity (Wildman–Crippen MR) is 86.8 cm³/mol. The van der Waals surface area contributed by atoms with Crippen LogP contribution in [0.3, 0.4) is 0 Å². The molecule has 0 radical (unpaired) electrons. The number of hydrogen-bond donors (Lipinski definition) is 1. The number of cyclic esters (lactones) is 1. The summed E-state index contributed by atoms with van der Waals surface area (Å²) in [6.07, 6.45) is -2.57. The number of nitrogens with zero attached hydrogens (tertiary/aromatic N) is 2. The number of morpholine rings is 1. The van der Waals surface area contributed by atoms with Crippen LogP contribution < -0.4 is 15.5 Å². The fourth-order valence-electron chi connectivity index (χ4n) is 2.94. The third-order valence-electron chi connectivity index (χ3n) is 4.10. The minimum Gasteiger partial charge on any atom is -0.438 e. The van der Waals surface area contributed by atoms with E-state index in [1.54, 1.807) is 12.1 Å². The van der Waals surface area contributed by atoms with E-state index in [1.807, 2.05) is 4.90 Å². The van der Waals surface area contributed by atoms with Crippen molar-refractivity contribution in [3.8, 4) is 0 Å². The zero-order chi connectivity index (χ0) is 18.0. The van der Waals surface area contributed by atoms with E-state index in [-0.39, 0.29) is 12.2 Å². The first kappa shape index (κ1) is 17.4. The lowest BCUT2D eigenvalue weighted by Gasteiger charge is -2.30. The molecule has 1 aromatic rings. The smallest absolute Gasteiger partial charge is 0.417 e. The molecule has 25 heavy (non-hydrogen) atoms. The molecule has 1 aromatic carbocycles. The largest absolute Gasteiger partial charge is 0.438 e.